The van der Waals surface area contributed by atoms with Gasteiger partial charge in [-0.25, -0.2) is 0 Å². The van der Waals surface area contributed by atoms with Crippen molar-refractivity contribution < 1.29 is 9.84 Å². The van der Waals surface area contributed by atoms with Crippen molar-refractivity contribution in [1.82, 2.24) is 14.8 Å². The van der Waals surface area contributed by atoms with Crippen molar-refractivity contribution in [1.29, 1.82) is 0 Å². The Morgan fingerprint density at radius 3 is 2.61 bits per heavy atom. The number of aromatic nitrogens is 3. The molecule has 6 heteroatoms. The van der Waals surface area contributed by atoms with E-state index in [9.17, 15) is 5.11 Å². The van der Waals surface area contributed by atoms with Crippen LogP contribution in [0.15, 0.2) is 47.6 Å². The van der Waals surface area contributed by atoms with Crippen LogP contribution < -0.4 is 4.74 Å². The lowest BCUT2D eigenvalue weighted by Crippen LogP contribution is -2.20. The Morgan fingerprint density at radius 1 is 1.07 bits per heavy atom. The lowest BCUT2D eigenvalue weighted by Gasteiger charge is -2.14. The summed E-state index contributed by atoms with van der Waals surface area (Å²) in [6.07, 6.45) is -0.589. The highest BCUT2D eigenvalue weighted by molar-refractivity contribution is 7.99. The zero-order valence-corrected chi connectivity index (χ0v) is 17.7. The summed E-state index contributed by atoms with van der Waals surface area (Å²) in [5, 5.41) is 19.9. The monoisotopic (exact) mass is 397 g/mol. The van der Waals surface area contributed by atoms with E-state index in [1.807, 2.05) is 38.1 Å². The molecule has 1 aromatic heterocycles. The van der Waals surface area contributed by atoms with Crippen molar-refractivity contribution in [2.75, 3.05) is 12.4 Å². The lowest BCUT2D eigenvalue weighted by atomic mass is 10.1. The molecule has 1 unspecified atom stereocenters. The van der Waals surface area contributed by atoms with Crippen molar-refractivity contribution >= 4 is 11.8 Å². The molecule has 28 heavy (non-hydrogen) atoms. The Kier molecular flexibility index (Phi) is 6.75. The van der Waals surface area contributed by atoms with E-state index in [-0.39, 0.29) is 6.61 Å². The summed E-state index contributed by atoms with van der Waals surface area (Å²) >= 11 is 1.50. The predicted octanol–water partition coefficient (Wildman–Crippen LogP) is 4.42. The van der Waals surface area contributed by atoms with Gasteiger partial charge in [-0.3, -0.25) is 0 Å². The van der Waals surface area contributed by atoms with Gasteiger partial charge in [-0.1, -0.05) is 47.7 Å². The molecule has 0 aliphatic heterocycles. The fraction of sp³-hybridized carbons (Fsp3) is 0.364. The third kappa shape index (κ3) is 4.94. The first kappa shape index (κ1) is 20.4. The molecule has 148 valence electrons. The second-order valence-corrected chi connectivity index (χ2v) is 7.95. The van der Waals surface area contributed by atoms with Gasteiger partial charge in [0.1, 0.15) is 12.4 Å². The lowest BCUT2D eigenvalue weighted by molar-refractivity contribution is 0.126. The van der Waals surface area contributed by atoms with Gasteiger partial charge in [0, 0.05) is 17.9 Å². The maximum absolute atomic E-state index is 10.4. The Morgan fingerprint density at radius 2 is 1.86 bits per heavy atom. The van der Waals surface area contributed by atoms with Gasteiger partial charge in [0.05, 0.1) is 6.10 Å². The summed E-state index contributed by atoms with van der Waals surface area (Å²) in [6, 6.07) is 14.3. The minimum atomic E-state index is -0.589. The number of thioether (sulfide) groups is 1. The molecule has 1 heterocycles. The number of benzene rings is 2. The molecular weight excluding hydrogens is 370 g/mol. The summed E-state index contributed by atoms with van der Waals surface area (Å²) < 4.78 is 7.89. The Hall–Kier alpha value is -2.31. The van der Waals surface area contributed by atoms with E-state index in [1.165, 1.54) is 17.3 Å². The Bertz CT molecular complexity index is 939. The number of aliphatic hydroxyl groups is 1. The first-order chi connectivity index (χ1) is 13.5. The maximum Gasteiger partial charge on any atom is 0.191 e. The van der Waals surface area contributed by atoms with Crippen LogP contribution in [0.4, 0.5) is 0 Å². The van der Waals surface area contributed by atoms with Gasteiger partial charge in [0.2, 0.25) is 0 Å². The van der Waals surface area contributed by atoms with Gasteiger partial charge in [0.25, 0.3) is 0 Å². The molecular formula is C22H27N3O2S. The molecule has 0 fully saturated rings. The number of ether oxygens (including phenoxy) is 1. The van der Waals surface area contributed by atoms with Gasteiger partial charge >= 0.3 is 0 Å². The number of hydrogen-bond acceptors (Lipinski definition) is 5. The molecule has 1 atom stereocenters. The van der Waals surface area contributed by atoms with Crippen LogP contribution in [0.2, 0.25) is 0 Å². The summed E-state index contributed by atoms with van der Waals surface area (Å²) in [4.78, 5) is 0. The summed E-state index contributed by atoms with van der Waals surface area (Å²) in [5.74, 6) is 2.17. The van der Waals surface area contributed by atoms with Gasteiger partial charge < -0.3 is 14.4 Å². The topological polar surface area (TPSA) is 60.2 Å². The molecule has 0 spiro atoms. The number of rotatable bonds is 8. The zero-order chi connectivity index (χ0) is 20.1. The maximum atomic E-state index is 10.4. The van der Waals surface area contributed by atoms with Gasteiger partial charge in [-0.2, -0.15) is 0 Å². The Labute approximate surface area is 170 Å². The molecule has 3 aromatic rings. The van der Waals surface area contributed by atoms with Gasteiger partial charge in [0.15, 0.2) is 11.0 Å². The third-order valence-electron chi connectivity index (χ3n) is 4.49. The number of nitrogens with zero attached hydrogens (tertiary/aromatic N) is 3. The molecule has 5 nitrogen and oxygen atoms in total. The first-order valence-corrected chi connectivity index (χ1v) is 10.5. The standard InChI is InChI=1S/C22H27N3O2S/c1-5-25-21(18-8-6-7-15(2)11-18)23-24-22(25)28-14-19(26)13-27-20-12-16(3)9-10-17(20)4/h6-12,19,26H,5,13-14H2,1-4H3. The summed E-state index contributed by atoms with van der Waals surface area (Å²) in [7, 11) is 0. The second-order valence-electron chi connectivity index (χ2n) is 6.96. The minimum absolute atomic E-state index is 0.252. The smallest absolute Gasteiger partial charge is 0.191 e. The van der Waals surface area contributed by atoms with Crippen molar-refractivity contribution in [3.8, 4) is 17.1 Å². The highest BCUT2D eigenvalue weighted by Crippen LogP contribution is 2.25. The second kappa shape index (κ2) is 9.26. The Balaban J connectivity index is 1.62. The predicted molar refractivity (Wildman–Crippen MR) is 114 cm³/mol. The molecule has 0 saturated heterocycles. The molecule has 0 radical (unpaired) electrons. The van der Waals surface area contributed by atoms with Crippen molar-refractivity contribution in [2.45, 2.75) is 45.5 Å². The average Bonchev–Trinajstić information content (AvgIpc) is 3.10. The van der Waals surface area contributed by atoms with Crippen LogP contribution in [-0.4, -0.2) is 38.3 Å². The number of hydrogen-bond donors (Lipinski definition) is 1. The van der Waals surface area contributed by atoms with E-state index in [1.54, 1.807) is 0 Å². The van der Waals surface area contributed by atoms with Crippen LogP contribution in [-0.2, 0) is 6.54 Å². The molecule has 3 rings (SSSR count). The van der Waals surface area contributed by atoms with Crippen LogP contribution in [0, 0.1) is 20.8 Å². The van der Waals surface area contributed by atoms with E-state index in [4.69, 9.17) is 4.74 Å². The molecule has 0 saturated carbocycles. The molecule has 0 bridgehead atoms. The molecule has 1 N–H and O–H groups in total. The van der Waals surface area contributed by atoms with Crippen LogP contribution in [0.3, 0.4) is 0 Å². The third-order valence-corrected chi connectivity index (χ3v) is 5.60. The highest BCUT2D eigenvalue weighted by atomic mass is 32.2. The summed E-state index contributed by atoms with van der Waals surface area (Å²) in [6.45, 7) is 9.20. The van der Waals surface area contributed by atoms with E-state index >= 15 is 0 Å². The largest absolute Gasteiger partial charge is 0.491 e. The number of aryl methyl sites for hydroxylation is 3. The zero-order valence-electron chi connectivity index (χ0n) is 16.8. The summed E-state index contributed by atoms with van der Waals surface area (Å²) in [5.41, 5.74) is 4.46. The number of aliphatic hydroxyl groups excluding tert-OH is 1. The van der Waals surface area contributed by atoms with Gasteiger partial charge in [-0.05, 0) is 51.0 Å². The molecule has 0 aliphatic rings. The SMILES string of the molecule is CCn1c(SCC(O)COc2cc(C)ccc2C)nnc1-c1cccc(C)c1. The fourth-order valence-electron chi connectivity index (χ4n) is 2.95. The van der Waals surface area contributed by atoms with Crippen molar-refractivity contribution in [3.63, 3.8) is 0 Å². The van der Waals surface area contributed by atoms with E-state index in [2.05, 4.69) is 46.8 Å². The average molecular weight is 398 g/mol. The van der Waals surface area contributed by atoms with E-state index in [0.29, 0.717) is 5.75 Å². The highest BCUT2D eigenvalue weighted by Gasteiger charge is 2.15. The minimum Gasteiger partial charge on any atom is -0.491 e. The van der Waals surface area contributed by atoms with Crippen molar-refractivity contribution in [3.05, 3.63) is 59.2 Å². The quantitative estimate of drug-likeness (QED) is 0.570. The van der Waals surface area contributed by atoms with Gasteiger partial charge in [-0.15, -0.1) is 10.2 Å². The van der Waals surface area contributed by atoms with Crippen LogP contribution >= 0.6 is 11.8 Å². The normalized spacial score (nSPS) is 12.2. The van der Waals surface area contributed by atoms with E-state index in [0.717, 1.165) is 40.0 Å². The van der Waals surface area contributed by atoms with Crippen LogP contribution in [0.5, 0.6) is 5.75 Å². The fourth-order valence-corrected chi connectivity index (χ4v) is 3.85. The molecule has 0 aliphatic carbocycles. The van der Waals surface area contributed by atoms with Crippen LogP contribution in [0.1, 0.15) is 23.6 Å². The molecule has 0 amide bonds. The molecule has 2 aromatic carbocycles. The van der Waals surface area contributed by atoms with Crippen molar-refractivity contribution in [2.24, 2.45) is 0 Å². The van der Waals surface area contributed by atoms with E-state index < -0.39 is 6.10 Å². The van der Waals surface area contributed by atoms with Crippen LogP contribution in [0.25, 0.3) is 11.4 Å². The first-order valence-electron chi connectivity index (χ1n) is 9.49.